The number of carbonyl (C=O) groups excluding carboxylic acids is 2. The van der Waals surface area contributed by atoms with Crippen LogP contribution in [0.2, 0.25) is 5.02 Å². The molecule has 0 unspecified atom stereocenters. The molecule has 2 aliphatic heterocycles. The number of nitrogens with zero attached hydrogens (tertiary/aromatic N) is 2. The number of benzene rings is 2. The second-order valence-corrected chi connectivity index (χ2v) is 7.17. The molecule has 2 aromatic rings. The minimum absolute atomic E-state index is 0.153. The Morgan fingerprint density at radius 2 is 1.74 bits per heavy atom. The first kappa shape index (κ1) is 17.5. The summed E-state index contributed by atoms with van der Waals surface area (Å²) in [4.78, 5) is 31.3. The molecule has 0 radical (unpaired) electrons. The second-order valence-electron chi connectivity index (χ2n) is 6.74. The fourth-order valence-electron chi connectivity index (χ4n) is 3.41. The fraction of sp³-hybridized carbons (Fsp3) is 0.250. The molecule has 2 N–H and O–H groups in total. The highest BCUT2D eigenvalue weighted by atomic mass is 35.5. The number of rotatable bonds is 2. The Bertz CT molecular complexity index is 888. The summed E-state index contributed by atoms with van der Waals surface area (Å²) < 4.78 is 0. The molecule has 0 saturated carbocycles. The van der Waals surface area contributed by atoms with E-state index < -0.39 is 5.66 Å². The van der Waals surface area contributed by atoms with Crippen molar-refractivity contribution < 1.29 is 9.59 Å². The van der Waals surface area contributed by atoms with Gasteiger partial charge in [-0.05, 0) is 24.3 Å². The molecule has 0 aliphatic carbocycles. The minimum atomic E-state index is -0.612. The normalized spacial score (nSPS) is 18.2. The summed E-state index contributed by atoms with van der Waals surface area (Å²) in [6, 6.07) is 16.3. The van der Waals surface area contributed by atoms with Crippen molar-refractivity contribution in [3.8, 4) is 0 Å². The Kier molecular flexibility index (Phi) is 4.58. The van der Waals surface area contributed by atoms with Gasteiger partial charge >= 0.3 is 6.03 Å². The van der Waals surface area contributed by atoms with Crippen LogP contribution < -0.4 is 10.6 Å². The number of piperidine rings is 1. The van der Waals surface area contributed by atoms with Crippen LogP contribution in [0.15, 0.2) is 59.6 Å². The average Bonchev–Trinajstić information content (AvgIpc) is 3.00. The molecular formula is C20H19ClN4O2. The second kappa shape index (κ2) is 7.04. The lowest BCUT2D eigenvalue weighted by molar-refractivity contribution is -0.115. The summed E-state index contributed by atoms with van der Waals surface area (Å²) in [5, 5.41) is 6.51. The van der Waals surface area contributed by atoms with Crippen LogP contribution in [0.1, 0.15) is 18.4 Å². The van der Waals surface area contributed by atoms with E-state index in [0.717, 1.165) is 5.56 Å². The molecule has 1 saturated heterocycles. The fourth-order valence-corrected chi connectivity index (χ4v) is 3.53. The maximum atomic E-state index is 12.5. The number of urea groups is 1. The van der Waals surface area contributed by atoms with Crippen LogP contribution in [0.25, 0.3) is 0 Å². The Morgan fingerprint density at radius 3 is 2.41 bits per heavy atom. The number of anilines is 1. The highest BCUT2D eigenvalue weighted by molar-refractivity contribution is 6.46. The van der Waals surface area contributed by atoms with Crippen LogP contribution in [0.3, 0.4) is 0 Å². The number of nitrogens with one attached hydrogen (secondary N) is 2. The number of amides is 3. The molecule has 3 amide bonds. The van der Waals surface area contributed by atoms with Crippen molar-refractivity contribution in [3.05, 3.63) is 65.2 Å². The summed E-state index contributed by atoms with van der Waals surface area (Å²) >= 11 is 5.86. The maximum Gasteiger partial charge on any atom is 0.321 e. The van der Waals surface area contributed by atoms with E-state index in [1.807, 2.05) is 30.3 Å². The van der Waals surface area contributed by atoms with Gasteiger partial charge in [-0.2, -0.15) is 0 Å². The lowest BCUT2D eigenvalue weighted by Gasteiger charge is -2.37. The molecule has 7 heteroatoms. The van der Waals surface area contributed by atoms with Gasteiger partial charge in [0.25, 0.3) is 5.91 Å². The van der Waals surface area contributed by atoms with E-state index in [1.165, 1.54) is 0 Å². The predicted octanol–water partition coefficient (Wildman–Crippen LogP) is 3.28. The molecule has 0 aromatic heterocycles. The van der Waals surface area contributed by atoms with Crippen molar-refractivity contribution in [2.45, 2.75) is 18.5 Å². The topological polar surface area (TPSA) is 73.8 Å². The van der Waals surface area contributed by atoms with Gasteiger partial charge in [-0.15, -0.1) is 0 Å². The highest BCUT2D eigenvalue weighted by Gasteiger charge is 2.42. The van der Waals surface area contributed by atoms with Gasteiger partial charge in [-0.1, -0.05) is 41.9 Å². The van der Waals surface area contributed by atoms with Crippen molar-refractivity contribution in [3.63, 3.8) is 0 Å². The largest absolute Gasteiger partial charge is 0.326 e. The van der Waals surface area contributed by atoms with Crippen LogP contribution in [0.5, 0.6) is 0 Å². The van der Waals surface area contributed by atoms with Gasteiger partial charge in [-0.25, -0.2) is 4.79 Å². The maximum absolute atomic E-state index is 12.5. The predicted molar refractivity (Wildman–Crippen MR) is 105 cm³/mol. The molecule has 138 valence electrons. The minimum Gasteiger partial charge on any atom is -0.326 e. The third-order valence-electron chi connectivity index (χ3n) is 4.91. The summed E-state index contributed by atoms with van der Waals surface area (Å²) in [6.07, 6.45) is 1.17. The molecule has 2 heterocycles. The lowest BCUT2D eigenvalue weighted by Crippen LogP contribution is -2.53. The van der Waals surface area contributed by atoms with Crippen molar-refractivity contribution in [1.29, 1.82) is 0 Å². The number of halogens is 1. The Morgan fingerprint density at radius 1 is 1.07 bits per heavy atom. The first-order valence-corrected chi connectivity index (χ1v) is 9.22. The van der Waals surface area contributed by atoms with E-state index in [2.05, 4.69) is 10.6 Å². The van der Waals surface area contributed by atoms with E-state index in [0.29, 0.717) is 42.4 Å². The van der Waals surface area contributed by atoms with Crippen LogP contribution in [0.4, 0.5) is 10.5 Å². The zero-order valence-corrected chi connectivity index (χ0v) is 15.4. The summed E-state index contributed by atoms with van der Waals surface area (Å²) in [7, 11) is 0. The van der Waals surface area contributed by atoms with Crippen molar-refractivity contribution in [2.75, 3.05) is 18.4 Å². The smallest absolute Gasteiger partial charge is 0.321 e. The van der Waals surface area contributed by atoms with Crippen molar-refractivity contribution in [1.82, 2.24) is 10.2 Å². The molecule has 0 atom stereocenters. The first-order valence-electron chi connectivity index (χ1n) is 8.84. The van der Waals surface area contributed by atoms with Crippen molar-refractivity contribution >= 4 is 34.9 Å². The third-order valence-corrected chi connectivity index (χ3v) is 5.16. The average molecular weight is 383 g/mol. The quantitative estimate of drug-likeness (QED) is 0.836. The van der Waals surface area contributed by atoms with Crippen molar-refractivity contribution in [2.24, 2.45) is 4.99 Å². The van der Waals surface area contributed by atoms with Crippen LogP contribution in [-0.4, -0.2) is 41.3 Å². The van der Waals surface area contributed by atoms with E-state index >= 15 is 0 Å². The van der Waals surface area contributed by atoms with Gasteiger partial charge in [0.2, 0.25) is 0 Å². The van der Waals surface area contributed by atoms with Gasteiger partial charge in [0, 0.05) is 42.2 Å². The number of hydrogen-bond acceptors (Lipinski definition) is 3. The Balaban J connectivity index is 1.41. The van der Waals surface area contributed by atoms with E-state index in [9.17, 15) is 9.59 Å². The molecule has 27 heavy (non-hydrogen) atoms. The van der Waals surface area contributed by atoms with E-state index in [1.54, 1.807) is 29.2 Å². The third kappa shape index (κ3) is 3.66. The zero-order valence-electron chi connectivity index (χ0n) is 14.6. The number of carbonyl (C=O) groups is 2. The number of likely N-dealkylation sites (tertiary alicyclic amines) is 1. The van der Waals surface area contributed by atoms with Crippen LogP contribution in [-0.2, 0) is 4.79 Å². The Labute approximate surface area is 162 Å². The molecule has 1 fully saturated rings. The van der Waals surface area contributed by atoms with Gasteiger partial charge in [0.15, 0.2) is 0 Å². The van der Waals surface area contributed by atoms with Gasteiger partial charge < -0.3 is 15.5 Å². The van der Waals surface area contributed by atoms with E-state index in [4.69, 9.17) is 16.6 Å². The molecule has 2 aromatic carbocycles. The summed E-state index contributed by atoms with van der Waals surface area (Å²) in [5.41, 5.74) is 1.37. The zero-order chi connectivity index (χ0) is 18.9. The lowest BCUT2D eigenvalue weighted by atomic mass is 9.98. The van der Waals surface area contributed by atoms with Gasteiger partial charge in [0.05, 0.1) is 0 Å². The number of aliphatic imine (C=N–C) groups is 1. The molecule has 1 spiro atoms. The molecule has 4 rings (SSSR count). The highest BCUT2D eigenvalue weighted by Crippen LogP contribution is 2.29. The van der Waals surface area contributed by atoms with Gasteiger partial charge in [0.1, 0.15) is 11.4 Å². The standard InChI is InChI=1S/C20H19ClN4O2/c21-15-6-8-16(9-7-15)22-19(27)25-12-10-20(11-13-25)23-17(18(26)24-20)14-4-2-1-3-5-14/h1-9H,10-13H2,(H,22,27)(H,24,26). The molecular weight excluding hydrogens is 364 g/mol. The molecule has 6 nitrogen and oxygen atoms in total. The summed E-state index contributed by atoms with van der Waals surface area (Å²) in [5.74, 6) is -0.153. The number of hydrogen-bond donors (Lipinski definition) is 2. The van der Waals surface area contributed by atoms with Crippen LogP contribution >= 0.6 is 11.6 Å². The van der Waals surface area contributed by atoms with Crippen LogP contribution in [0, 0.1) is 0 Å². The van der Waals surface area contributed by atoms with Gasteiger partial charge in [-0.3, -0.25) is 9.79 Å². The molecule has 2 aliphatic rings. The SMILES string of the molecule is O=C1NC2(CCN(C(=O)Nc3ccc(Cl)cc3)CC2)N=C1c1ccccc1. The first-order chi connectivity index (χ1) is 13.0. The summed E-state index contributed by atoms with van der Waals surface area (Å²) in [6.45, 7) is 1.04. The molecule has 0 bridgehead atoms. The Hall–Kier alpha value is -2.86. The monoisotopic (exact) mass is 382 g/mol. The van der Waals surface area contributed by atoms with E-state index in [-0.39, 0.29) is 11.9 Å².